The van der Waals surface area contributed by atoms with Crippen LogP contribution in [0.5, 0.6) is 5.75 Å². The van der Waals surface area contributed by atoms with E-state index >= 15 is 0 Å². The van der Waals surface area contributed by atoms with E-state index in [2.05, 4.69) is 4.90 Å². The predicted molar refractivity (Wildman–Crippen MR) is 131 cm³/mol. The van der Waals surface area contributed by atoms with E-state index in [9.17, 15) is 9.59 Å². The number of nitrogens with zero attached hydrogens (tertiary/aromatic N) is 2. The molecule has 0 N–H and O–H groups in total. The van der Waals surface area contributed by atoms with Crippen LogP contribution in [0.2, 0.25) is 0 Å². The highest BCUT2D eigenvalue weighted by molar-refractivity contribution is 8.02. The molecule has 176 valence electrons. The van der Waals surface area contributed by atoms with Crippen LogP contribution in [0.4, 0.5) is 5.69 Å². The summed E-state index contributed by atoms with van der Waals surface area (Å²) in [4.78, 5) is 32.6. The Kier molecular flexibility index (Phi) is 7.29. The molecule has 1 atom stereocenters. The highest BCUT2D eigenvalue weighted by Gasteiger charge is 2.54. The van der Waals surface area contributed by atoms with Crippen LogP contribution in [0.1, 0.15) is 30.4 Å². The second-order valence-electron chi connectivity index (χ2n) is 8.73. The molecule has 4 rings (SSSR count). The molecule has 2 aliphatic heterocycles. The number of fused-ring (bicyclic) bond motifs is 1. The standard InChI is InChI=1S/C26H32N2O4S/c1-19-9-7-12-22-23(19)33-26(25(30)32-3,18-20-10-8-11-21(17-20)31-2)24(29)28(22)16-15-27-13-5-4-6-14-27/h7-12,17H,4-6,13-16,18H2,1-3H3. The summed E-state index contributed by atoms with van der Waals surface area (Å²) in [5.41, 5.74) is 2.78. The van der Waals surface area contributed by atoms with E-state index < -0.39 is 10.7 Å². The second kappa shape index (κ2) is 10.2. The van der Waals surface area contributed by atoms with Gasteiger partial charge in [0.1, 0.15) is 5.75 Å². The molecule has 0 spiro atoms. The number of hydrogen-bond acceptors (Lipinski definition) is 6. The van der Waals surface area contributed by atoms with Crippen LogP contribution in [-0.2, 0) is 20.7 Å². The van der Waals surface area contributed by atoms with Crippen LogP contribution in [0.25, 0.3) is 0 Å². The highest BCUT2D eigenvalue weighted by Crippen LogP contribution is 2.49. The number of ether oxygens (including phenoxy) is 2. The zero-order chi connectivity index (χ0) is 23.4. The number of likely N-dealkylation sites (tertiary alicyclic amines) is 1. The van der Waals surface area contributed by atoms with Crippen molar-refractivity contribution in [1.82, 2.24) is 4.90 Å². The molecule has 0 radical (unpaired) electrons. The molecule has 0 aliphatic carbocycles. The van der Waals surface area contributed by atoms with Crippen molar-refractivity contribution in [3.63, 3.8) is 0 Å². The molecule has 6 nitrogen and oxygen atoms in total. The van der Waals surface area contributed by atoms with Gasteiger partial charge in [0.2, 0.25) is 4.75 Å². The lowest BCUT2D eigenvalue weighted by molar-refractivity contribution is -0.147. The number of anilines is 1. The average Bonchev–Trinajstić information content (AvgIpc) is 2.85. The molecule has 0 bridgehead atoms. The minimum absolute atomic E-state index is 0.211. The fourth-order valence-corrected chi connectivity index (χ4v) is 6.18. The van der Waals surface area contributed by atoms with E-state index in [0.29, 0.717) is 12.3 Å². The second-order valence-corrected chi connectivity index (χ2v) is 10.0. The number of benzene rings is 2. The number of rotatable bonds is 7. The van der Waals surface area contributed by atoms with Gasteiger partial charge in [-0.05, 0) is 62.2 Å². The molecule has 1 saturated heterocycles. The summed E-state index contributed by atoms with van der Waals surface area (Å²) in [6, 6.07) is 13.5. The van der Waals surface area contributed by atoms with Gasteiger partial charge in [0.15, 0.2) is 0 Å². The van der Waals surface area contributed by atoms with Crippen molar-refractivity contribution in [3.8, 4) is 5.75 Å². The number of esters is 1. The summed E-state index contributed by atoms with van der Waals surface area (Å²) in [6.07, 6.45) is 3.89. The van der Waals surface area contributed by atoms with Crippen LogP contribution < -0.4 is 9.64 Å². The van der Waals surface area contributed by atoms with Crippen LogP contribution >= 0.6 is 11.8 Å². The molecule has 1 amide bonds. The lowest BCUT2D eigenvalue weighted by Gasteiger charge is -2.41. The molecule has 2 heterocycles. The Balaban J connectivity index is 1.73. The zero-order valence-electron chi connectivity index (χ0n) is 19.6. The van der Waals surface area contributed by atoms with Gasteiger partial charge in [0.25, 0.3) is 5.91 Å². The molecule has 2 aliphatic rings. The lowest BCUT2D eigenvalue weighted by Crippen LogP contribution is -2.57. The minimum atomic E-state index is -1.39. The molecule has 33 heavy (non-hydrogen) atoms. The summed E-state index contributed by atoms with van der Waals surface area (Å²) in [5.74, 6) is -0.0335. The van der Waals surface area contributed by atoms with Crippen LogP contribution in [0, 0.1) is 6.92 Å². The lowest BCUT2D eigenvalue weighted by atomic mass is 9.95. The van der Waals surface area contributed by atoms with Gasteiger partial charge in [-0.3, -0.25) is 4.79 Å². The predicted octanol–water partition coefficient (Wildman–Crippen LogP) is 4.08. The number of piperidine rings is 1. The fraction of sp³-hybridized carbons (Fsp3) is 0.462. The monoisotopic (exact) mass is 468 g/mol. The summed E-state index contributed by atoms with van der Waals surface area (Å²) in [7, 11) is 2.96. The molecular weight excluding hydrogens is 436 g/mol. The smallest absolute Gasteiger partial charge is 0.332 e. The Morgan fingerprint density at radius 2 is 1.82 bits per heavy atom. The Bertz CT molecular complexity index is 1020. The van der Waals surface area contributed by atoms with E-state index in [1.165, 1.54) is 38.1 Å². The Morgan fingerprint density at radius 3 is 2.55 bits per heavy atom. The third kappa shape index (κ3) is 4.75. The number of hydrogen-bond donors (Lipinski definition) is 0. The van der Waals surface area contributed by atoms with E-state index in [1.807, 2.05) is 54.3 Å². The number of carbonyl (C=O) groups is 2. The van der Waals surface area contributed by atoms with Crippen molar-refractivity contribution in [2.75, 3.05) is 45.3 Å². The maximum Gasteiger partial charge on any atom is 0.332 e. The fourth-order valence-electron chi connectivity index (χ4n) is 4.72. The largest absolute Gasteiger partial charge is 0.497 e. The molecule has 7 heteroatoms. The number of thioether (sulfide) groups is 1. The van der Waals surface area contributed by atoms with Gasteiger partial charge in [-0.1, -0.05) is 42.4 Å². The molecular formula is C26H32N2O4S. The first-order valence-corrected chi connectivity index (χ1v) is 12.3. The molecule has 1 fully saturated rings. The first-order valence-electron chi connectivity index (χ1n) is 11.5. The zero-order valence-corrected chi connectivity index (χ0v) is 20.5. The van der Waals surface area contributed by atoms with Crippen molar-refractivity contribution >= 4 is 29.3 Å². The van der Waals surface area contributed by atoms with Crippen molar-refractivity contribution < 1.29 is 19.1 Å². The summed E-state index contributed by atoms with van der Waals surface area (Å²) in [6.45, 7) is 5.48. The van der Waals surface area contributed by atoms with Gasteiger partial charge in [-0.25, -0.2) is 4.79 Å². The van der Waals surface area contributed by atoms with Crippen LogP contribution in [0.15, 0.2) is 47.4 Å². The summed E-state index contributed by atoms with van der Waals surface area (Å²) >= 11 is 1.33. The number of carbonyl (C=O) groups excluding carboxylic acids is 2. The van der Waals surface area contributed by atoms with Gasteiger partial charge >= 0.3 is 5.97 Å². The minimum Gasteiger partial charge on any atom is -0.497 e. The summed E-state index contributed by atoms with van der Waals surface area (Å²) < 4.78 is 9.22. The third-order valence-corrected chi connectivity index (χ3v) is 8.11. The molecule has 2 aromatic carbocycles. The first-order chi connectivity index (χ1) is 16.0. The normalized spacial score (nSPS) is 20.9. The van der Waals surface area contributed by atoms with E-state index in [1.54, 1.807) is 7.11 Å². The van der Waals surface area contributed by atoms with Crippen LogP contribution in [0.3, 0.4) is 0 Å². The van der Waals surface area contributed by atoms with Crippen molar-refractivity contribution in [2.45, 2.75) is 42.2 Å². The van der Waals surface area contributed by atoms with E-state index in [4.69, 9.17) is 9.47 Å². The SMILES string of the molecule is COC(=O)C1(Cc2cccc(OC)c2)Sc2c(C)cccc2N(CCN2CCCCC2)C1=O. The van der Waals surface area contributed by atoms with Gasteiger partial charge in [0, 0.05) is 24.4 Å². The maximum absolute atomic E-state index is 14.1. The van der Waals surface area contributed by atoms with Crippen LogP contribution in [-0.4, -0.2) is 61.9 Å². The maximum atomic E-state index is 14.1. The van der Waals surface area contributed by atoms with Crippen molar-refractivity contribution in [2.24, 2.45) is 0 Å². The Morgan fingerprint density at radius 1 is 1.06 bits per heavy atom. The third-order valence-electron chi connectivity index (χ3n) is 6.54. The highest BCUT2D eigenvalue weighted by atomic mass is 32.2. The van der Waals surface area contributed by atoms with E-state index in [0.717, 1.165) is 41.3 Å². The topological polar surface area (TPSA) is 59.1 Å². The summed E-state index contributed by atoms with van der Waals surface area (Å²) in [5, 5.41) is 0. The quantitative estimate of drug-likeness (QED) is 0.451. The number of methoxy groups -OCH3 is 2. The van der Waals surface area contributed by atoms with E-state index in [-0.39, 0.29) is 12.3 Å². The van der Waals surface area contributed by atoms with Gasteiger partial charge < -0.3 is 19.3 Å². The number of amides is 1. The molecule has 1 unspecified atom stereocenters. The first kappa shape index (κ1) is 23.6. The van der Waals surface area contributed by atoms with Gasteiger partial charge in [-0.15, -0.1) is 0 Å². The molecule has 0 saturated carbocycles. The van der Waals surface area contributed by atoms with Crippen molar-refractivity contribution in [3.05, 3.63) is 53.6 Å². The Labute approximate surface area is 200 Å². The molecule has 2 aromatic rings. The Hall–Kier alpha value is -2.51. The van der Waals surface area contributed by atoms with Gasteiger partial charge in [0.05, 0.1) is 19.9 Å². The van der Waals surface area contributed by atoms with Crippen molar-refractivity contribution in [1.29, 1.82) is 0 Å². The number of aryl methyl sites for hydroxylation is 1. The molecule has 0 aromatic heterocycles. The van der Waals surface area contributed by atoms with Gasteiger partial charge in [-0.2, -0.15) is 0 Å². The average molecular weight is 469 g/mol.